The Morgan fingerprint density at radius 1 is 1.39 bits per heavy atom. The summed E-state index contributed by atoms with van der Waals surface area (Å²) in [5, 5.41) is 2.56. The quantitative estimate of drug-likeness (QED) is 0.875. The zero-order valence-corrected chi connectivity index (χ0v) is 10.8. The van der Waals surface area contributed by atoms with Crippen molar-refractivity contribution >= 4 is 33.6 Å². The molecule has 0 unspecified atom stereocenters. The van der Waals surface area contributed by atoms with Crippen LogP contribution in [-0.4, -0.2) is 5.91 Å². The normalized spacial score (nSPS) is 10.8. The Morgan fingerprint density at radius 3 is 2.94 bits per heavy atom. The van der Waals surface area contributed by atoms with E-state index in [0.717, 1.165) is 0 Å². The van der Waals surface area contributed by atoms with Gasteiger partial charge in [0.1, 0.15) is 11.6 Å². The molecule has 5 heteroatoms. The molecule has 92 valence electrons. The summed E-state index contributed by atoms with van der Waals surface area (Å²) in [7, 11) is 0. The zero-order chi connectivity index (χ0) is 13.0. The highest BCUT2D eigenvalue weighted by Gasteiger charge is 2.04. The highest BCUT2D eigenvalue weighted by molar-refractivity contribution is 9.10. The van der Waals surface area contributed by atoms with E-state index >= 15 is 0 Å². The van der Waals surface area contributed by atoms with Crippen molar-refractivity contribution in [1.29, 1.82) is 0 Å². The Balaban J connectivity index is 2.05. The van der Waals surface area contributed by atoms with Crippen molar-refractivity contribution < 1.29 is 13.6 Å². The molecule has 0 atom stereocenters. The second-order valence-electron chi connectivity index (χ2n) is 3.46. The van der Waals surface area contributed by atoms with Crippen LogP contribution in [0.3, 0.4) is 0 Å². The molecule has 0 aliphatic carbocycles. The van der Waals surface area contributed by atoms with Gasteiger partial charge in [0.15, 0.2) is 0 Å². The Kier molecular flexibility index (Phi) is 3.94. The van der Waals surface area contributed by atoms with E-state index in [1.54, 1.807) is 12.1 Å². The van der Waals surface area contributed by atoms with Crippen LogP contribution in [0.25, 0.3) is 6.08 Å². The maximum Gasteiger partial charge on any atom is 0.248 e. The molecule has 1 heterocycles. The molecule has 18 heavy (non-hydrogen) atoms. The molecule has 0 saturated heterocycles. The lowest BCUT2D eigenvalue weighted by molar-refractivity contribution is -0.111. The molecule has 0 aliphatic rings. The molecule has 0 fully saturated rings. The molecule has 1 aromatic carbocycles. The number of carbonyl (C=O) groups excluding carboxylic acids is 1. The van der Waals surface area contributed by atoms with Crippen LogP contribution < -0.4 is 5.32 Å². The molecule has 0 radical (unpaired) electrons. The van der Waals surface area contributed by atoms with Crippen LogP contribution in [0.5, 0.6) is 0 Å². The first kappa shape index (κ1) is 12.6. The minimum atomic E-state index is -0.413. The van der Waals surface area contributed by atoms with Gasteiger partial charge in [0, 0.05) is 10.5 Å². The molecular formula is C13H9BrFNO2. The van der Waals surface area contributed by atoms with Gasteiger partial charge >= 0.3 is 0 Å². The van der Waals surface area contributed by atoms with Gasteiger partial charge in [0.2, 0.25) is 5.91 Å². The van der Waals surface area contributed by atoms with Crippen LogP contribution in [0.15, 0.2) is 51.6 Å². The fraction of sp³-hybridized carbons (Fsp3) is 0. The van der Waals surface area contributed by atoms with Gasteiger partial charge in [-0.05, 0) is 52.3 Å². The minimum Gasteiger partial charge on any atom is -0.465 e. The van der Waals surface area contributed by atoms with Gasteiger partial charge in [0.05, 0.1) is 12.0 Å². The van der Waals surface area contributed by atoms with E-state index in [0.29, 0.717) is 15.9 Å². The van der Waals surface area contributed by atoms with Crippen LogP contribution in [0.1, 0.15) is 5.76 Å². The minimum absolute atomic E-state index is 0.363. The summed E-state index contributed by atoms with van der Waals surface area (Å²) < 4.78 is 18.7. The SMILES string of the molecule is O=C(/C=C/c1ccco1)Nc1cc(F)ccc1Br. The number of rotatable bonds is 3. The summed E-state index contributed by atoms with van der Waals surface area (Å²) in [5.41, 5.74) is 0.379. The number of carbonyl (C=O) groups is 1. The molecule has 0 spiro atoms. The van der Waals surface area contributed by atoms with E-state index in [1.807, 2.05) is 0 Å². The Morgan fingerprint density at radius 2 is 2.22 bits per heavy atom. The van der Waals surface area contributed by atoms with Gasteiger partial charge in [-0.1, -0.05) is 0 Å². The first-order valence-electron chi connectivity index (χ1n) is 5.13. The molecule has 2 rings (SSSR count). The first-order valence-corrected chi connectivity index (χ1v) is 5.92. The average molecular weight is 310 g/mol. The summed E-state index contributed by atoms with van der Waals surface area (Å²) in [6, 6.07) is 7.52. The van der Waals surface area contributed by atoms with Crippen LogP contribution in [0.4, 0.5) is 10.1 Å². The highest BCUT2D eigenvalue weighted by atomic mass is 79.9. The van der Waals surface area contributed by atoms with Gasteiger partial charge in [-0.25, -0.2) is 4.39 Å². The molecule has 3 nitrogen and oxygen atoms in total. The number of furan rings is 1. The van der Waals surface area contributed by atoms with Crippen molar-refractivity contribution in [1.82, 2.24) is 0 Å². The number of benzene rings is 1. The molecule has 2 aromatic rings. The first-order chi connectivity index (χ1) is 8.65. The summed E-state index contributed by atoms with van der Waals surface area (Å²) in [6.45, 7) is 0. The van der Waals surface area contributed by atoms with Crippen LogP contribution in [0.2, 0.25) is 0 Å². The lowest BCUT2D eigenvalue weighted by Crippen LogP contribution is -2.08. The Bertz CT molecular complexity index is 579. The molecule has 1 N–H and O–H groups in total. The van der Waals surface area contributed by atoms with Gasteiger partial charge in [-0.3, -0.25) is 4.79 Å². The Labute approximate surface area is 111 Å². The van der Waals surface area contributed by atoms with E-state index in [4.69, 9.17) is 4.42 Å². The van der Waals surface area contributed by atoms with E-state index in [9.17, 15) is 9.18 Å². The maximum absolute atomic E-state index is 13.0. The number of nitrogens with one attached hydrogen (secondary N) is 1. The average Bonchev–Trinajstić information content (AvgIpc) is 2.84. The topological polar surface area (TPSA) is 42.2 Å². The second kappa shape index (κ2) is 5.64. The number of amides is 1. The number of hydrogen-bond donors (Lipinski definition) is 1. The van der Waals surface area contributed by atoms with Crippen molar-refractivity contribution in [2.45, 2.75) is 0 Å². The lowest BCUT2D eigenvalue weighted by Gasteiger charge is -2.04. The van der Waals surface area contributed by atoms with Crippen molar-refractivity contribution in [2.24, 2.45) is 0 Å². The van der Waals surface area contributed by atoms with E-state index in [1.165, 1.54) is 36.6 Å². The molecule has 0 saturated carbocycles. The monoisotopic (exact) mass is 309 g/mol. The second-order valence-corrected chi connectivity index (χ2v) is 4.32. The third-order valence-electron chi connectivity index (χ3n) is 2.13. The van der Waals surface area contributed by atoms with Gasteiger partial charge in [-0.2, -0.15) is 0 Å². The van der Waals surface area contributed by atoms with E-state index < -0.39 is 5.82 Å². The Hall–Kier alpha value is -1.88. The zero-order valence-electron chi connectivity index (χ0n) is 9.19. The maximum atomic E-state index is 13.0. The summed E-state index contributed by atoms with van der Waals surface area (Å²) in [6.07, 6.45) is 4.36. The van der Waals surface area contributed by atoms with Crippen molar-refractivity contribution in [3.63, 3.8) is 0 Å². The van der Waals surface area contributed by atoms with Crippen molar-refractivity contribution in [2.75, 3.05) is 5.32 Å². The molecule has 1 amide bonds. The molecular weight excluding hydrogens is 301 g/mol. The fourth-order valence-electron chi connectivity index (χ4n) is 1.31. The van der Waals surface area contributed by atoms with Crippen molar-refractivity contribution in [3.8, 4) is 0 Å². The number of anilines is 1. The standard InChI is InChI=1S/C13H9BrFNO2/c14-11-5-3-9(15)8-12(11)16-13(17)6-4-10-2-1-7-18-10/h1-8H,(H,16,17)/b6-4+. The van der Waals surface area contributed by atoms with Gasteiger partial charge < -0.3 is 9.73 Å². The molecule has 0 aliphatic heterocycles. The molecule has 0 bridgehead atoms. The summed E-state index contributed by atoms with van der Waals surface area (Å²) in [5.74, 6) is -0.204. The van der Waals surface area contributed by atoms with Gasteiger partial charge in [0.25, 0.3) is 0 Å². The predicted molar refractivity (Wildman–Crippen MR) is 70.5 cm³/mol. The fourth-order valence-corrected chi connectivity index (χ4v) is 1.66. The van der Waals surface area contributed by atoms with Crippen LogP contribution in [0, 0.1) is 5.82 Å². The third kappa shape index (κ3) is 3.30. The van der Waals surface area contributed by atoms with Crippen LogP contribution in [-0.2, 0) is 4.79 Å². The van der Waals surface area contributed by atoms with E-state index in [2.05, 4.69) is 21.2 Å². The smallest absolute Gasteiger partial charge is 0.248 e. The highest BCUT2D eigenvalue weighted by Crippen LogP contribution is 2.22. The largest absolute Gasteiger partial charge is 0.465 e. The number of halogens is 2. The lowest BCUT2D eigenvalue weighted by atomic mass is 10.3. The van der Waals surface area contributed by atoms with Gasteiger partial charge in [-0.15, -0.1) is 0 Å². The summed E-state index contributed by atoms with van der Waals surface area (Å²) >= 11 is 3.22. The molecule has 1 aromatic heterocycles. The third-order valence-corrected chi connectivity index (χ3v) is 2.82. The van der Waals surface area contributed by atoms with Crippen molar-refractivity contribution in [3.05, 3.63) is 58.7 Å². The number of hydrogen-bond acceptors (Lipinski definition) is 2. The predicted octanol–water partition coefficient (Wildman–Crippen LogP) is 3.83. The van der Waals surface area contributed by atoms with E-state index in [-0.39, 0.29) is 5.91 Å². The summed E-state index contributed by atoms with van der Waals surface area (Å²) in [4.78, 5) is 11.6. The van der Waals surface area contributed by atoms with Crippen LogP contribution >= 0.6 is 15.9 Å².